The number of rotatable bonds is 4. The molecule has 0 amide bonds. The van der Waals surface area contributed by atoms with Crippen LogP contribution in [0.4, 0.5) is 5.69 Å². The molecule has 9 heteroatoms. The Balaban J connectivity index is 2.20. The molecule has 3 N–H and O–H groups in total. The monoisotopic (exact) mass is 359 g/mol. The standard InChI is InChI=1S/C16H14ClN5O3/c1-2-3-11-14-13(8-4-5-12(22(23)24)10(17)6-8)9(7-18)15(19)25-16(14)21-20-11/h4-6,13H,2-3,19H2,1H3,(H,20,21). The van der Waals surface area contributed by atoms with Gasteiger partial charge in [-0.25, -0.2) is 0 Å². The van der Waals surface area contributed by atoms with Crippen molar-refractivity contribution < 1.29 is 9.66 Å². The molecule has 1 atom stereocenters. The summed E-state index contributed by atoms with van der Waals surface area (Å²) in [5.74, 6) is -0.282. The molecule has 1 aliphatic rings. The van der Waals surface area contributed by atoms with Crippen molar-refractivity contribution in [3.05, 3.63) is 61.6 Å². The smallest absolute Gasteiger partial charge is 0.287 e. The van der Waals surface area contributed by atoms with E-state index in [1.807, 2.05) is 6.92 Å². The van der Waals surface area contributed by atoms with Gasteiger partial charge in [-0.2, -0.15) is 5.26 Å². The van der Waals surface area contributed by atoms with Crippen LogP contribution in [0, 0.1) is 21.4 Å². The number of H-pyrrole nitrogens is 1. The van der Waals surface area contributed by atoms with Gasteiger partial charge in [-0.3, -0.25) is 15.2 Å². The Kier molecular flexibility index (Phi) is 4.33. The normalized spacial score (nSPS) is 16.1. The van der Waals surface area contributed by atoms with E-state index < -0.39 is 10.8 Å². The summed E-state index contributed by atoms with van der Waals surface area (Å²) in [5, 5.41) is 27.6. The molecule has 2 heterocycles. The van der Waals surface area contributed by atoms with Crippen LogP contribution in [0.2, 0.25) is 5.02 Å². The van der Waals surface area contributed by atoms with Crippen molar-refractivity contribution in [2.24, 2.45) is 5.73 Å². The first-order valence-corrected chi connectivity index (χ1v) is 7.94. The maximum Gasteiger partial charge on any atom is 0.287 e. The van der Waals surface area contributed by atoms with Crippen LogP contribution >= 0.6 is 11.6 Å². The average Bonchev–Trinajstić information content (AvgIpc) is 2.95. The summed E-state index contributed by atoms with van der Waals surface area (Å²) in [6.45, 7) is 2.02. The van der Waals surface area contributed by atoms with Crippen molar-refractivity contribution in [2.45, 2.75) is 25.7 Å². The van der Waals surface area contributed by atoms with E-state index in [2.05, 4.69) is 16.3 Å². The van der Waals surface area contributed by atoms with Crippen LogP contribution in [-0.4, -0.2) is 15.1 Å². The number of ether oxygens (including phenoxy) is 1. The number of aromatic nitrogens is 2. The zero-order chi connectivity index (χ0) is 18.1. The molecule has 1 aromatic carbocycles. The number of hydrogen-bond donors (Lipinski definition) is 2. The highest BCUT2D eigenvalue weighted by molar-refractivity contribution is 6.32. The molecule has 1 unspecified atom stereocenters. The van der Waals surface area contributed by atoms with Crippen molar-refractivity contribution in [3.8, 4) is 11.9 Å². The van der Waals surface area contributed by atoms with Crippen LogP contribution in [0.3, 0.4) is 0 Å². The van der Waals surface area contributed by atoms with Crippen LogP contribution in [0.1, 0.15) is 36.1 Å². The van der Waals surface area contributed by atoms with Gasteiger partial charge in [0.15, 0.2) is 0 Å². The van der Waals surface area contributed by atoms with Gasteiger partial charge in [0.1, 0.15) is 16.7 Å². The predicted molar refractivity (Wildman–Crippen MR) is 90.0 cm³/mol. The minimum Gasteiger partial charge on any atom is -0.420 e. The highest BCUT2D eigenvalue weighted by atomic mass is 35.5. The second kappa shape index (κ2) is 6.45. The second-order valence-corrected chi connectivity index (χ2v) is 5.97. The lowest BCUT2D eigenvalue weighted by molar-refractivity contribution is -0.384. The second-order valence-electron chi connectivity index (χ2n) is 5.56. The highest BCUT2D eigenvalue weighted by Crippen LogP contribution is 2.44. The van der Waals surface area contributed by atoms with Gasteiger partial charge in [0.25, 0.3) is 5.69 Å². The number of allylic oxidation sites excluding steroid dienone is 1. The van der Waals surface area contributed by atoms with Crippen molar-refractivity contribution >= 4 is 17.3 Å². The molecule has 25 heavy (non-hydrogen) atoms. The Bertz CT molecular complexity index is 928. The van der Waals surface area contributed by atoms with Crippen molar-refractivity contribution in [1.82, 2.24) is 10.2 Å². The number of nitro groups is 1. The lowest BCUT2D eigenvalue weighted by Gasteiger charge is -2.24. The van der Waals surface area contributed by atoms with Gasteiger partial charge in [-0.05, 0) is 18.1 Å². The number of nitro benzene ring substituents is 1. The zero-order valence-electron chi connectivity index (χ0n) is 13.2. The van der Waals surface area contributed by atoms with E-state index in [1.165, 1.54) is 12.1 Å². The number of nitriles is 1. The Labute approximate surface area is 148 Å². The number of aromatic amines is 1. The van der Waals surface area contributed by atoms with E-state index in [0.29, 0.717) is 23.4 Å². The summed E-state index contributed by atoms with van der Waals surface area (Å²) in [5.41, 5.74) is 8.04. The molecular formula is C16H14ClN5O3. The minimum absolute atomic E-state index is 0.00746. The molecule has 0 saturated heterocycles. The average molecular weight is 360 g/mol. The first-order chi connectivity index (χ1) is 12.0. The molecule has 3 rings (SSSR count). The van der Waals surface area contributed by atoms with Gasteiger partial charge < -0.3 is 10.5 Å². The SMILES string of the molecule is CCCc1[nH]nc2c1C(c1ccc([N+](=O)[O-])c(Cl)c1)C(C#N)=C(N)O2. The number of hydrogen-bond acceptors (Lipinski definition) is 6. The van der Waals surface area contributed by atoms with Crippen LogP contribution in [0.25, 0.3) is 0 Å². The van der Waals surface area contributed by atoms with E-state index in [-0.39, 0.29) is 22.2 Å². The largest absolute Gasteiger partial charge is 0.420 e. The first-order valence-electron chi connectivity index (χ1n) is 7.56. The highest BCUT2D eigenvalue weighted by Gasteiger charge is 2.35. The summed E-state index contributed by atoms with van der Waals surface area (Å²) in [7, 11) is 0. The van der Waals surface area contributed by atoms with Gasteiger partial charge in [0.2, 0.25) is 11.8 Å². The fourth-order valence-corrected chi connectivity index (χ4v) is 3.19. The zero-order valence-corrected chi connectivity index (χ0v) is 14.0. The minimum atomic E-state index is -0.558. The van der Waals surface area contributed by atoms with Gasteiger partial charge in [-0.15, -0.1) is 5.10 Å². The number of benzene rings is 1. The third-order valence-corrected chi connectivity index (χ3v) is 4.32. The van der Waals surface area contributed by atoms with Gasteiger partial charge >= 0.3 is 0 Å². The number of nitrogens with zero attached hydrogens (tertiary/aromatic N) is 3. The fourth-order valence-electron chi connectivity index (χ4n) is 2.93. The van der Waals surface area contributed by atoms with Crippen molar-refractivity contribution in [2.75, 3.05) is 0 Å². The van der Waals surface area contributed by atoms with E-state index in [1.54, 1.807) is 6.07 Å². The molecule has 0 spiro atoms. The Morgan fingerprint density at radius 3 is 2.92 bits per heavy atom. The third kappa shape index (κ3) is 2.79. The van der Waals surface area contributed by atoms with Gasteiger partial charge in [0, 0.05) is 17.3 Å². The quantitative estimate of drug-likeness (QED) is 0.636. The maximum absolute atomic E-state index is 11.0. The van der Waals surface area contributed by atoms with E-state index in [9.17, 15) is 15.4 Å². The molecule has 0 radical (unpaired) electrons. The maximum atomic E-state index is 11.0. The molecule has 0 aliphatic carbocycles. The van der Waals surface area contributed by atoms with Crippen LogP contribution in [0.15, 0.2) is 29.7 Å². The summed E-state index contributed by atoms with van der Waals surface area (Å²) >= 11 is 6.05. The Hall–Kier alpha value is -3.05. The Morgan fingerprint density at radius 1 is 1.56 bits per heavy atom. The Morgan fingerprint density at radius 2 is 2.32 bits per heavy atom. The fraction of sp³-hybridized carbons (Fsp3) is 0.250. The van der Waals surface area contributed by atoms with Gasteiger partial charge in [-0.1, -0.05) is 31.0 Å². The lowest BCUT2D eigenvalue weighted by atomic mass is 9.83. The third-order valence-electron chi connectivity index (χ3n) is 4.02. The molecular weight excluding hydrogens is 346 g/mol. The van der Waals surface area contributed by atoms with Crippen molar-refractivity contribution in [3.63, 3.8) is 0 Å². The molecule has 1 aliphatic heterocycles. The van der Waals surface area contributed by atoms with E-state index in [4.69, 9.17) is 22.1 Å². The predicted octanol–water partition coefficient (Wildman–Crippen LogP) is 3.14. The molecule has 0 bridgehead atoms. The van der Waals surface area contributed by atoms with Crippen LogP contribution < -0.4 is 10.5 Å². The summed E-state index contributed by atoms with van der Waals surface area (Å²) in [6.07, 6.45) is 1.57. The van der Waals surface area contributed by atoms with Crippen LogP contribution in [-0.2, 0) is 6.42 Å². The molecule has 2 aromatic rings. The number of nitrogens with two attached hydrogens (primary N) is 1. The molecule has 0 fully saturated rings. The summed E-state index contributed by atoms with van der Waals surface area (Å²) < 4.78 is 5.46. The number of aryl methyl sites for hydroxylation is 1. The topological polar surface area (TPSA) is 131 Å². The number of halogens is 1. The number of nitrogens with one attached hydrogen (secondary N) is 1. The van der Waals surface area contributed by atoms with E-state index >= 15 is 0 Å². The molecule has 128 valence electrons. The summed E-state index contributed by atoms with van der Waals surface area (Å²) in [6, 6.07) is 6.43. The molecule has 1 aromatic heterocycles. The van der Waals surface area contributed by atoms with Crippen LogP contribution in [0.5, 0.6) is 5.88 Å². The first kappa shape index (κ1) is 16.8. The lowest BCUT2D eigenvalue weighted by Crippen LogP contribution is -2.21. The van der Waals surface area contributed by atoms with E-state index in [0.717, 1.165) is 12.1 Å². The van der Waals surface area contributed by atoms with Gasteiger partial charge in [0.05, 0.1) is 10.8 Å². The molecule has 0 saturated carbocycles. The molecule has 8 nitrogen and oxygen atoms in total. The van der Waals surface area contributed by atoms with Crippen molar-refractivity contribution in [1.29, 1.82) is 5.26 Å². The summed E-state index contributed by atoms with van der Waals surface area (Å²) in [4.78, 5) is 10.4. The number of fused-ring (bicyclic) bond motifs is 1.